The van der Waals surface area contributed by atoms with Crippen molar-refractivity contribution < 1.29 is 14.3 Å². The smallest absolute Gasteiger partial charge is 0.228 e. The van der Waals surface area contributed by atoms with Crippen LogP contribution in [0.3, 0.4) is 0 Å². The Labute approximate surface area is 192 Å². The van der Waals surface area contributed by atoms with E-state index in [1.807, 2.05) is 25.2 Å². The number of carbonyl (C=O) groups excluding carboxylic acids is 1. The zero-order chi connectivity index (χ0) is 22.8. The number of pyridine rings is 2. The number of aryl methyl sites for hydroxylation is 1. The van der Waals surface area contributed by atoms with E-state index in [0.29, 0.717) is 12.4 Å². The fourth-order valence-corrected chi connectivity index (χ4v) is 4.04. The number of benzene rings is 1. The maximum absolute atomic E-state index is 12.2. The van der Waals surface area contributed by atoms with Gasteiger partial charge in [0.1, 0.15) is 23.5 Å². The molecule has 0 radical (unpaired) electrons. The van der Waals surface area contributed by atoms with E-state index in [9.17, 15) is 4.79 Å². The Hall–Kier alpha value is -3.63. The van der Waals surface area contributed by atoms with Crippen molar-refractivity contribution in [3.8, 4) is 17.6 Å². The zero-order valence-electron chi connectivity index (χ0n) is 18.8. The molecule has 33 heavy (non-hydrogen) atoms. The predicted molar refractivity (Wildman–Crippen MR) is 127 cm³/mol. The highest BCUT2D eigenvalue weighted by molar-refractivity contribution is 5.99. The van der Waals surface area contributed by atoms with E-state index < -0.39 is 0 Å². The number of rotatable bonds is 5. The summed E-state index contributed by atoms with van der Waals surface area (Å²) in [7, 11) is 3.52. The molecule has 168 valence electrons. The van der Waals surface area contributed by atoms with Crippen LogP contribution >= 0.6 is 0 Å². The van der Waals surface area contributed by atoms with E-state index in [1.54, 1.807) is 19.5 Å². The molecular formula is C26H26N4O3. The molecule has 3 heterocycles. The highest BCUT2D eigenvalue weighted by Crippen LogP contribution is 2.31. The zero-order valence-corrected chi connectivity index (χ0v) is 18.8. The van der Waals surface area contributed by atoms with E-state index in [0.717, 1.165) is 64.7 Å². The average molecular weight is 443 g/mol. The average Bonchev–Trinajstić information content (AvgIpc) is 3.68. The summed E-state index contributed by atoms with van der Waals surface area (Å²) in [4.78, 5) is 21.1. The number of anilines is 2. The molecule has 1 amide bonds. The van der Waals surface area contributed by atoms with Crippen LogP contribution in [0.25, 0.3) is 10.8 Å². The monoisotopic (exact) mass is 442 g/mol. The third-order valence-corrected chi connectivity index (χ3v) is 5.99. The van der Waals surface area contributed by atoms with Crippen molar-refractivity contribution in [1.82, 2.24) is 9.97 Å². The number of carbonyl (C=O) groups is 1. The van der Waals surface area contributed by atoms with Crippen LogP contribution in [0.4, 0.5) is 11.6 Å². The number of hydrogen-bond donors (Lipinski definition) is 2. The van der Waals surface area contributed by atoms with Crippen LogP contribution in [0.1, 0.15) is 36.0 Å². The Kier molecular flexibility index (Phi) is 5.84. The molecule has 2 aliphatic rings. The fourth-order valence-electron chi connectivity index (χ4n) is 4.04. The van der Waals surface area contributed by atoms with Crippen molar-refractivity contribution in [1.29, 1.82) is 0 Å². The first-order valence-corrected chi connectivity index (χ1v) is 11.2. The molecule has 1 aromatic carbocycles. The molecule has 7 heteroatoms. The van der Waals surface area contributed by atoms with Crippen LogP contribution in [-0.4, -0.2) is 42.7 Å². The Morgan fingerprint density at radius 1 is 1.15 bits per heavy atom. The predicted octanol–water partition coefficient (Wildman–Crippen LogP) is 3.76. The van der Waals surface area contributed by atoms with Gasteiger partial charge < -0.3 is 20.1 Å². The minimum atomic E-state index is 0.0291. The first kappa shape index (κ1) is 21.2. The molecule has 1 aliphatic heterocycles. The molecule has 5 rings (SSSR count). The number of nitrogens with zero attached hydrogens (tertiary/aromatic N) is 2. The summed E-state index contributed by atoms with van der Waals surface area (Å²) >= 11 is 0. The summed E-state index contributed by atoms with van der Waals surface area (Å²) in [5.41, 5.74) is 2.86. The molecule has 7 nitrogen and oxygen atoms in total. The van der Waals surface area contributed by atoms with Crippen LogP contribution in [0.5, 0.6) is 5.75 Å². The number of fused-ring (bicyclic) bond motifs is 2. The van der Waals surface area contributed by atoms with Gasteiger partial charge >= 0.3 is 0 Å². The van der Waals surface area contributed by atoms with Crippen LogP contribution in [0, 0.1) is 17.8 Å². The summed E-state index contributed by atoms with van der Waals surface area (Å²) in [5.74, 6) is 8.84. The molecular weight excluding hydrogens is 416 g/mol. The van der Waals surface area contributed by atoms with Gasteiger partial charge in [-0.3, -0.25) is 4.79 Å². The molecule has 2 aromatic heterocycles. The molecule has 0 bridgehead atoms. The third-order valence-electron chi connectivity index (χ3n) is 5.99. The van der Waals surface area contributed by atoms with E-state index in [2.05, 4.69) is 38.5 Å². The van der Waals surface area contributed by atoms with Crippen LogP contribution in [0.15, 0.2) is 36.7 Å². The second kappa shape index (κ2) is 9.08. The van der Waals surface area contributed by atoms with Gasteiger partial charge in [0.25, 0.3) is 0 Å². The second-order valence-corrected chi connectivity index (χ2v) is 8.46. The molecule has 3 aromatic rings. The van der Waals surface area contributed by atoms with Gasteiger partial charge in [-0.2, -0.15) is 0 Å². The molecule has 2 N–H and O–H groups in total. The van der Waals surface area contributed by atoms with Gasteiger partial charge in [0.2, 0.25) is 5.91 Å². The highest BCUT2D eigenvalue weighted by atomic mass is 16.5. The fraction of sp³-hybridized carbons (Fsp3) is 0.346. The van der Waals surface area contributed by atoms with E-state index in [4.69, 9.17) is 9.47 Å². The van der Waals surface area contributed by atoms with E-state index in [-0.39, 0.29) is 17.9 Å². The van der Waals surface area contributed by atoms with Crippen LogP contribution < -0.4 is 15.4 Å². The first-order chi connectivity index (χ1) is 16.1. The summed E-state index contributed by atoms with van der Waals surface area (Å²) in [5, 5.41) is 7.77. The molecule has 1 aliphatic carbocycles. The first-order valence-electron chi connectivity index (χ1n) is 11.2. The van der Waals surface area contributed by atoms with Crippen molar-refractivity contribution >= 4 is 28.3 Å². The number of amides is 1. The summed E-state index contributed by atoms with van der Waals surface area (Å²) in [6, 6.07) is 7.92. The highest BCUT2D eigenvalue weighted by Gasteiger charge is 2.29. The van der Waals surface area contributed by atoms with E-state index in [1.165, 1.54) is 0 Å². The lowest BCUT2D eigenvalue weighted by Gasteiger charge is -2.25. The SMILES string of the molecule is CNc1ncc(C#Cc2ccc3c(c2)CCC(COC)O3)c2cc(NC(=O)C3CC3)ncc12. The molecule has 0 saturated heterocycles. The molecule has 1 saturated carbocycles. The Morgan fingerprint density at radius 3 is 2.82 bits per heavy atom. The molecule has 0 spiro atoms. The van der Waals surface area contributed by atoms with Gasteiger partial charge in [0.15, 0.2) is 0 Å². The van der Waals surface area contributed by atoms with Crippen LogP contribution in [0.2, 0.25) is 0 Å². The Morgan fingerprint density at radius 2 is 2.03 bits per heavy atom. The van der Waals surface area contributed by atoms with Crippen molar-refractivity contribution in [3.05, 3.63) is 53.3 Å². The Balaban J connectivity index is 1.45. The minimum Gasteiger partial charge on any atom is -0.488 e. The largest absolute Gasteiger partial charge is 0.488 e. The van der Waals surface area contributed by atoms with E-state index >= 15 is 0 Å². The summed E-state index contributed by atoms with van der Waals surface area (Å²) < 4.78 is 11.2. The lowest BCUT2D eigenvalue weighted by molar-refractivity contribution is -0.117. The maximum atomic E-state index is 12.2. The van der Waals surface area contributed by atoms with Gasteiger partial charge in [0.05, 0.1) is 12.2 Å². The molecule has 1 atom stereocenters. The van der Waals surface area contributed by atoms with Crippen molar-refractivity contribution in [2.75, 3.05) is 31.4 Å². The minimum absolute atomic E-state index is 0.0291. The van der Waals surface area contributed by atoms with Crippen LogP contribution in [-0.2, 0) is 16.0 Å². The summed E-state index contributed by atoms with van der Waals surface area (Å²) in [6.45, 7) is 0.599. The van der Waals surface area contributed by atoms with Gasteiger partial charge in [-0.1, -0.05) is 11.8 Å². The quantitative estimate of drug-likeness (QED) is 0.586. The van der Waals surface area contributed by atoms with Crippen molar-refractivity contribution in [2.24, 2.45) is 5.92 Å². The lowest BCUT2D eigenvalue weighted by Crippen LogP contribution is -2.27. The normalized spacial score (nSPS) is 16.8. The standard InChI is InChI=1S/C26H26N4O3/c1-27-25-22-14-28-24(30-26(31)17-6-7-17)12-21(22)19(13-29-25)5-3-16-4-10-23-18(11-16)8-9-20(33-23)15-32-2/h4,10-14,17,20H,6-9,15H2,1-2H3,(H,27,29)(H,28,30,31). The number of ether oxygens (including phenoxy) is 2. The maximum Gasteiger partial charge on any atom is 0.228 e. The Bertz CT molecular complexity index is 1270. The number of nitrogens with one attached hydrogen (secondary N) is 2. The summed E-state index contributed by atoms with van der Waals surface area (Å²) in [6.07, 6.45) is 7.35. The topological polar surface area (TPSA) is 85.4 Å². The van der Waals surface area contributed by atoms with Gasteiger partial charge in [-0.25, -0.2) is 9.97 Å². The van der Waals surface area contributed by atoms with Crippen molar-refractivity contribution in [2.45, 2.75) is 31.8 Å². The second-order valence-electron chi connectivity index (χ2n) is 8.46. The lowest BCUT2D eigenvalue weighted by atomic mass is 10.00. The third kappa shape index (κ3) is 4.62. The molecule has 1 unspecified atom stereocenters. The molecule has 1 fully saturated rings. The number of methoxy groups -OCH3 is 1. The van der Waals surface area contributed by atoms with Gasteiger partial charge in [-0.05, 0) is 55.5 Å². The number of aromatic nitrogens is 2. The van der Waals surface area contributed by atoms with Gasteiger partial charge in [-0.15, -0.1) is 0 Å². The van der Waals surface area contributed by atoms with Gasteiger partial charge in [0, 0.05) is 48.8 Å². The number of hydrogen-bond acceptors (Lipinski definition) is 6. The van der Waals surface area contributed by atoms with Crippen molar-refractivity contribution in [3.63, 3.8) is 0 Å².